The fourth-order valence-electron chi connectivity index (χ4n) is 5.24. The molecule has 2 aromatic heterocycles. The summed E-state index contributed by atoms with van der Waals surface area (Å²) >= 11 is 7.53. The van der Waals surface area contributed by atoms with Crippen LogP contribution in [0.1, 0.15) is 36.6 Å². The topological polar surface area (TPSA) is 90.5 Å². The van der Waals surface area contributed by atoms with Crippen LogP contribution in [0.15, 0.2) is 36.7 Å². The monoisotopic (exact) mass is 570 g/mol. The van der Waals surface area contributed by atoms with Gasteiger partial charge in [-0.3, -0.25) is 14.5 Å². The number of fused-ring (bicyclic) bond motifs is 3. The van der Waals surface area contributed by atoms with Gasteiger partial charge in [0.2, 0.25) is 11.8 Å². The summed E-state index contributed by atoms with van der Waals surface area (Å²) in [6.45, 7) is 6.26. The summed E-state index contributed by atoms with van der Waals surface area (Å²) in [5.41, 5.74) is 1.80. The van der Waals surface area contributed by atoms with Crippen molar-refractivity contribution in [1.82, 2.24) is 25.1 Å². The van der Waals surface area contributed by atoms with Crippen LogP contribution < -0.4 is 10.6 Å². The molecule has 2 aliphatic rings. The lowest BCUT2D eigenvalue weighted by atomic mass is 9.93. The number of halogens is 2. The van der Waals surface area contributed by atoms with Gasteiger partial charge in [0, 0.05) is 43.2 Å². The highest BCUT2D eigenvalue weighted by molar-refractivity contribution is 7.19. The predicted molar refractivity (Wildman–Crippen MR) is 153 cm³/mol. The quantitative estimate of drug-likeness (QED) is 0.374. The number of hydrogen-bond donors (Lipinski definition) is 2. The first-order chi connectivity index (χ1) is 18.9. The predicted octanol–water partition coefficient (Wildman–Crippen LogP) is 4.91. The number of likely N-dealkylation sites (tertiary alicyclic amines) is 1. The third kappa shape index (κ3) is 6.74. The van der Waals surface area contributed by atoms with E-state index in [1.165, 1.54) is 18.5 Å². The van der Waals surface area contributed by atoms with Crippen LogP contribution in [0.25, 0.3) is 10.2 Å². The van der Waals surface area contributed by atoms with Gasteiger partial charge in [-0.1, -0.05) is 17.7 Å². The van der Waals surface area contributed by atoms with E-state index in [0.29, 0.717) is 36.9 Å². The average molecular weight is 571 g/mol. The van der Waals surface area contributed by atoms with E-state index >= 15 is 0 Å². The standard InChI is InChI=1S/C28H32ClFN6O2S/c1-18(37)31-10-6-19-7-12-35(13-8-19)11-2-3-25(38)36-14-9-21-24(16-36)39-28-26(21)27(32-17-33-28)34-20-4-5-23(30)22(29)15-20/h2-5,15,17,19H,6-14,16H2,1H3,(H,31,37)(H,32,33,34)/b3-2+. The van der Waals surface area contributed by atoms with Crippen LogP contribution in [0, 0.1) is 11.7 Å². The van der Waals surface area contributed by atoms with Crippen molar-refractivity contribution in [3.05, 3.63) is 58.0 Å². The molecule has 3 aromatic rings. The summed E-state index contributed by atoms with van der Waals surface area (Å²) in [6, 6.07) is 4.48. The number of hydrogen-bond acceptors (Lipinski definition) is 7. The number of nitrogens with zero attached hydrogens (tertiary/aromatic N) is 4. The van der Waals surface area contributed by atoms with Crippen molar-refractivity contribution in [1.29, 1.82) is 0 Å². The van der Waals surface area contributed by atoms with Gasteiger partial charge in [0.15, 0.2) is 0 Å². The molecule has 39 heavy (non-hydrogen) atoms. The first-order valence-corrected chi connectivity index (χ1v) is 14.5. The molecule has 1 saturated heterocycles. The van der Waals surface area contributed by atoms with Crippen molar-refractivity contribution < 1.29 is 14.0 Å². The van der Waals surface area contributed by atoms with Gasteiger partial charge in [-0.05, 0) is 68.5 Å². The lowest BCUT2D eigenvalue weighted by Gasteiger charge is -2.31. The van der Waals surface area contributed by atoms with Crippen LogP contribution in [0.3, 0.4) is 0 Å². The molecule has 11 heteroatoms. The van der Waals surface area contributed by atoms with Gasteiger partial charge in [0.25, 0.3) is 0 Å². The van der Waals surface area contributed by atoms with Crippen LogP contribution in [0.2, 0.25) is 5.02 Å². The van der Waals surface area contributed by atoms with Gasteiger partial charge in [-0.15, -0.1) is 11.3 Å². The zero-order chi connectivity index (χ0) is 27.4. The first kappa shape index (κ1) is 27.5. The molecule has 1 fully saturated rings. The number of nitrogens with one attached hydrogen (secondary N) is 2. The van der Waals surface area contributed by atoms with Crippen molar-refractivity contribution in [2.45, 2.75) is 39.2 Å². The minimum atomic E-state index is -0.471. The minimum absolute atomic E-state index is 0.0219. The molecule has 0 unspecified atom stereocenters. The molecule has 0 radical (unpaired) electrons. The molecule has 0 bridgehead atoms. The van der Waals surface area contributed by atoms with E-state index in [0.717, 1.165) is 66.1 Å². The van der Waals surface area contributed by atoms with Crippen molar-refractivity contribution in [2.24, 2.45) is 5.92 Å². The summed E-state index contributed by atoms with van der Waals surface area (Å²) in [7, 11) is 0. The number of amides is 2. The highest BCUT2D eigenvalue weighted by Crippen LogP contribution is 2.38. The molecule has 0 aliphatic carbocycles. The van der Waals surface area contributed by atoms with E-state index in [2.05, 4.69) is 25.5 Å². The van der Waals surface area contributed by atoms with E-state index in [9.17, 15) is 14.0 Å². The molecule has 0 saturated carbocycles. The summed E-state index contributed by atoms with van der Waals surface area (Å²) in [4.78, 5) is 39.1. The maximum atomic E-state index is 13.6. The van der Waals surface area contributed by atoms with Crippen LogP contribution >= 0.6 is 22.9 Å². The van der Waals surface area contributed by atoms with E-state index in [4.69, 9.17) is 11.6 Å². The number of carbonyl (C=O) groups excluding carboxylic acids is 2. The Bertz CT molecular complexity index is 1390. The van der Waals surface area contributed by atoms with Crippen molar-refractivity contribution in [2.75, 3.05) is 38.0 Å². The number of carbonyl (C=O) groups is 2. The second kappa shape index (κ2) is 12.4. The molecule has 1 aromatic carbocycles. The Morgan fingerprint density at radius 3 is 2.82 bits per heavy atom. The second-order valence-corrected chi connectivity index (χ2v) is 11.6. The number of anilines is 2. The smallest absolute Gasteiger partial charge is 0.246 e. The van der Waals surface area contributed by atoms with E-state index < -0.39 is 5.82 Å². The van der Waals surface area contributed by atoms with Gasteiger partial charge in [-0.25, -0.2) is 14.4 Å². The zero-order valence-corrected chi connectivity index (χ0v) is 23.5. The maximum Gasteiger partial charge on any atom is 0.246 e. The molecular formula is C28H32ClFN6O2S. The first-order valence-electron chi connectivity index (χ1n) is 13.3. The number of rotatable bonds is 8. The Morgan fingerprint density at radius 1 is 1.23 bits per heavy atom. The fourth-order valence-corrected chi connectivity index (χ4v) is 6.62. The Kier molecular flexibility index (Phi) is 8.74. The van der Waals surface area contributed by atoms with Crippen molar-refractivity contribution in [3.63, 3.8) is 0 Å². The van der Waals surface area contributed by atoms with Gasteiger partial charge >= 0.3 is 0 Å². The van der Waals surface area contributed by atoms with Crippen LogP contribution in [-0.4, -0.2) is 64.3 Å². The number of aromatic nitrogens is 2. The zero-order valence-electron chi connectivity index (χ0n) is 21.9. The molecule has 8 nitrogen and oxygen atoms in total. The van der Waals surface area contributed by atoms with Crippen molar-refractivity contribution in [3.8, 4) is 0 Å². The molecule has 0 atom stereocenters. The van der Waals surface area contributed by atoms with Gasteiger partial charge in [0.05, 0.1) is 17.0 Å². The Morgan fingerprint density at radius 2 is 2.05 bits per heavy atom. The number of benzene rings is 1. The molecule has 5 rings (SSSR count). The van der Waals surface area contributed by atoms with Crippen LogP contribution in [-0.2, 0) is 22.6 Å². The van der Waals surface area contributed by atoms with Crippen LogP contribution in [0.5, 0.6) is 0 Å². The lowest BCUT2D eigenvalue weighted by Crippen LogP contribution is -2.36. The molecule has 4 heterocycles. The molecule has 2 N–H and O–H groups in total. The maximum absolute atomic E-state index is 13.6. The van der Waals surface area contributed by atoms with Gasteiger partial charge < -0.3 is 15.5 Å². The van der Waals surface area contributed by atoms with Gasteiger partial charge in [-0.2, -0.15) is 0 Å². The third-order valence-electron chi connectivity index (χ3n) is 7.39. The number of piperidine rings is 1. The molecule has 2 aliphatic heterocycles. The summed E-state index contributed by atoms with van der Waals surface area (Å²) in [5.74, 6) is 0.882. The molecular weight excluding hydrogens is 539 g/mol. The minimum Gasteiger partial charge on any atom is -0.356 e. The Hall–Kier alpha value is -3.08. The second-order valence-electron chi connectivity index (χ2n) is 10.1. The third-order valence-corrected chi connectivity index (χ3v) is 8.80. The van der Waals surface area contributed by atoms with Crippen LogP contribution in [0.4, 0.5) is 15.9 Å². The van der Waals surface area contributed by atoms with E-state index in [1.54, 1.807) is 30.4 Å². The number of thiophene rings is 1. The molecule has 206 valence electrons. The normalized spacial score (nSPS) is 16.5. The molecule has 2 amide bonds. The summed E-state index contributed by atoms with van der Waals surface area (Å²) in [6.07, 6.45) is 9.17. The summed E-state index contributed by atoms with van der Waals surface area (Å²) in [5, 5.41) is 7.12. The van der Waals surface area contributed by atoms with Gasteiger partial charge in [0.1, 0.15) is 22.8 Å². The molecule has 0 spiro atoms. The van der Waals surface area contributed by atoms with E-state index in [-0.39, 0.29) is 16.8 Å². The van der Waals surface area contributed by atoms with E-state index in [1.807, 2.05) is 11.0 Å². The largest absolute Gasteiger partial charge is 0.356 e. The fraction of sp³-hybridized carbons (Fsp3) is 0.429. The average Bonchev–Trinajstić information content (AvgIpc) is 3.30. The highest BCUT2D eigenvalue weighted by Gasteiger charge is 2.26. The SMILES string of the molecule is CC(=O)NCCC1CCN(C/C=C/C(=O)N2CCc3c(sc4ncnc(Nc5ccc(F)c(Cl)c5)c34)C2)CC1. The Labute approximate surface area is 236 Å². The highest BCUT2D eigenvalue weighted by atomic mass is 35.5. The Balaban J connectivity index is 1.16. The van der Waals surface area contributed by atoms with Crippen molar-refractivity contribution >= 4 is 56.5 Å². The lowest BCUT2D eigenvalue weighted by molar-refractivity contribution is -0.126. The summed E-state index contributed by atoms with van der Waals surface area (Å²) < 4.78 is 13.6.